The lowest BCUT2D eigenvalue weighted by atomic mass is 9.86. The number of aromatic amines is 1. The van der Waals surface area contributed by atoms with Gasteiger partial charge in [0.15, 0.2) is 10.6 Å². The fourth-order valence-electron chi connectivity index (χ4n) is 1.71. The number of nitrogens with one attached hydrogen (secondary N) is 1. The highest BCUT2D eigenvalue weighted by Crippen LogP contribution is 2.35. The van der Waals surface area contributed by atoms with Crippen LogP contribution in [0.4, 0.5) is 13.2 Å². The van der Waals surface area contributed by atoms with Gasteiger partial charge in [-0.15, -0.1) is 0 Å². The Morgan fingerprint density at radius 1 is 1.44 bits per heavy atom. The van der Waals surface area contributed by atoms with Gasteiger partial charge in [-0.25, -0.2) is 4.98 Å². The maximum atomic E-state index is 12.5. The van der Waals surface area contributed by atoms with Crippen LogP contribution in [0, 0.1) is 10.7 Å². The predicted octanol–water partition coefficient (Wildman–Crippen LogP) is 2.45. The lowest BCUT2D eigenvalue weighted by Crippen LogP contribution is -2.32. The van der Waals surface area contributed by atoms with Crippen LogP contribution in [0.2, 0.25) is 0 Å². The zero-order valence-electron chi connectivity index (χ0n) is 7.97. The fourth-order valence-corrected chi connectivity index (χ4v) is 1.89. The first-order valence-electron chi connectivity index (χ1n) is 4.56. The largest absolute Gasteiger partial charge is 0.392 e. The van der Waals surface area contributed by atoms with Gasteiger partial charge in [-0.1, -0.05) is 0 Å². The molecule has 1 unspecified atom stereocenters. The molecule has 0 spiro atoms. The Balaban J connectivity index is 2.42. The molecule has 1 N–H and O–H groups in total. The molecule has 0 aliphatic heterocycles. The van der Waals surface area contributed by atoms with E-state index in [4.69, 9.17) is 12.2 Å². The van der Waals surface area contributed by atoms with Gasteiger partial charge in [0.2, 0.25) is 0 Å². The van der Waals surface area contributed by atoms with Crippen molar-refractivity contribution in [1.29, 1.82) is 0 Å². The second-order valence-electron chi connectivity index (χ2n) is 3.65. The molecular formula is C9H7F3N2OS. The van der Waals surface area contributed by atoms with E-state index in [2.05, 4.69) is 9.97 Å². The van der Waals surface area contributed by atoms with E-state index in [1.165, 1.54) is 6.20 Å². The number of fused-ring (bicyclic) bond motifs is 1. The van der Waals surface area contributed by atoms with E-state index in [0.717, 1.165) is 0 Å². The minimum atomic E-state index is -4.36. The third-order valence-corrected chi connectivity index (χ3v) is 2.75. The number of halogens is 3. The number of carbonyl (C=O) groups excluding carboxylic acids is 1. The van der Waals surface area contributed by atoms with Gasteiger partial charge in [-0.2, -0.15) is 13.2 Å². The van der Waals surface area contributed by atoms with Gasteiger partial charge in [-0.3, -0.25) is 4.79 Å². The molecule has 0 amide bonds. The van der Waals surface area contributed by atoms with Crippen LogP contribution in [0.3, 0.4) is 0 Å². The quantitative estimate of drug-likeness (QED) is 0.717. The average Bonchev–Trinajstić information content (AvgIpc) is 2.15. The van der Waals surface area contributed by atoms with Crippen LogP contribution in [0.5, 0.6) is 0 Å². The molecule has 0 radical (unpaired) electrons. The molecule has 1 aliphatic carbocycles. The van der Waals surface area contributed by atoms with Crippen LogP contribution in [-0.2, 0) is 6.42 Å². The van der Waals surface area contributed by atoms with Crippen molar-refractivity contribution in [2.24, 2.45) is 5.92 Å². The standard InChI is InChI=1S/C9H7F3N2OS/c10-9(11,12)4-1-6-5(7(15)2-4)3-13-8(16)14-6/h3-4H,1-2H2,(H,13,14,16). The molecule has 1 aromatic rings. The Morgan fingerprint density at radius 2 is 2.12 bits per heavy atom. The number of carbonyl (C=O) groups is 1. The molecule has 1 heterocycles. The molecule has 2 rings (SSSR count). The van der Waals surface area contributed by atoms with E-state index in [0.29, 0.717) is 0 Å². The molecule has 3 nitrogen and oxygen atoms in total. The van der Waals surface area contributed by atoms with Gasteiger partial charge in [-0.05, 0) is 12.2 Å². The number of aromatic nitrogens is 2. The van der Waals surface area contributed by atoms with Crippen molar-refractivity contribution in [2.45, 2.75) is 19.0 Å². The van der Waals surface area contributed by atoms with Crippen LogP contribution in [-0.4, -0.2) is 21.9 Å². The average molecular weight is 248 g/mol. The Morgan fingerprint density at radius 3 is 2.75 bits per heavy atom. The summed E-state index contributed by atoms with van der Waals surface area (Å²) in [4.78, 5) is 17.7. The first-order valence-corrected chi connectivity index (χ1v) is 4.97. The van der Waals surface area contributed by atoms with E-state index >= 15 is 0 Å². The minimum absolute atomic E-state index is 0.0920. The second kappa shape index (κ2) is 3.65. The predicted molar refractivity (Wildman–Crippen MR) is 51.6 cm³/mol. The molecule has 1 aromatic heterocycles. The summed E-state index contributed by atoms with van der Waals surface area (Å²) < 4.78 is 37.6. The number of Topliss-reactive ketones (excluding diaryl/α,β-unsaturated/α-hetero) is 1. The van der Waals surface area contributed by atoms with E-state index in [-0.39, 0.29) is 22.4 Å². The highest BCUT2D eigenvalue weighted by Gasteiger charge is 2.44. The van der Waals surface area contributed by atoms with Gasteiger partial charge in [0.05, 0.1) is 11.5 Å². The summed E-state index contributed by atoms with van der Waals surface area (Å²) in [6.45, 7) is 0. The Bertz CT molecular complexity index is 494. The van der Waals surface area contributed by atoms with Crippen LogP contribution >= 0.6 is 12.2 Å². The van der Waals surface area contributed by atoms with Gasteiger partial charge < -0.3 is 4.98 Å². The van der Waals surface area contributed by atoms with Gasteiger partial charge in [0.1, 0.15) is 0 Å². The van der Waals surface area contributed by atoms with Crippen molar-refractivity contribution >= 4 is 18.0 Å². The molecule has 0 saturated carbocycles. The van der Waals surface area contributed by atoms with Gasteiger partial charge in [0, 0.05) is 24.7 Å². The minimum Gasteiger partial charge on any atom is -0.334 e. The van der Waals surface area contributed by atoms with E-state index in [1.54, 1.807) is 0 Å². The maximum Gasteiger partial charge on any atom is 0.392 e. The number of ketones is 1. The first kappa shape index (κ1) is 11.3. The van der Waals surface area contributed by atoms with Crippen molar-refractivity contribution in [3.05, 3.63) is 22.2 Å². The molecule has 1 aliphatic rings. The third kappa shape index (κ3) is 1.99. The Kier molecular flexibility index (Phi) is 2.57. The lowest BCUT2D eigenvalue weighted by Gasteiger charge is -2.24. The SMILES string of the molecule is O=C1CC(C(F)(F)F)Cc2[nH]c(=S)ncc21. The van der Waals surface area contributed by atoms with E-state index in [1.807, 2.05) is 0 Å². The zero-order chi connectivity index (χ0) is 11.9. The van der Waals surface area contributed by atoms with Crippen molar-refractivity contribution in [2.75, 3.05) is 0 Å². The van der Waals surface area contributed by atoms with Crippen LogP contribution < -0.4 is 0 Å². The van der Waals surface area contributed by atoms with Crippen molar-refractivity contribution in [3.63, 3.8) is 0 Å². The smallest absolute Gasteiger partial charge is 0.334 e. The number of alkyl halides is 3. The highest BCUT2D eigenvalue weighted by atomic mass is 32.1. The Hall–Kier alpha value is -1.24. The number of nitrogens with zero attached hydrogens (tertiary/aromatic N) is 1. The number of hydrogen-bond donors (Lipinski definition) is 1. The molecule has 86 valence electrons. The summed E-state index contributed by atoms with van der Waals surface area (Å²) in [5.74, 6) is -2.16. The molecule has 0 fully saturated rings. The molecule has 0 aromatic carbocycles. The summed E-state index contributed by atoms with van der Waals surface area (Å²) >= 11 is 4.71. The first-order chi connectivity index (χ1) is 7.38. The monoisotopic (exact) mass is 248 g/mol. The van der Waals surface area contributed by atoms with E-state index in [9.17, 15) is 18.0 Å². The van der Waals surface area contributed by atoms with Crippen molar-refractivity contribution in [3.8, 4) is 0 Å². The number of rotatable bonds is 0. The molecule has 0 saturated heterocycles. The second-order valence-corrected chi connectivity index (χ2v) is 4.04. The Labute approximate surface area is 93.7 Å². The summed E-state index contributed by atoms with van der Waals surface area (Å²) in [5.41, 5.74) is 0.452. The summed E-state index contributed by atoms with van der Waals surface area (Å²) in [5, 5.41) is 0. The fraction of sp³-hybridized carbons (Fsp3) is 0.444. The molecule has 7 heteroatoms. The maximum absolute atomic E-state index is 12.5. The summed E-state index contributed by atoms with van der Waals surface area (Å²) in [6.07, 6.45) is -3.87. The van der Waals surface area contributed by atoms with E-state index < -0.39 is 24.3 Å². The summed E-state index contributed by atoms with van der Waals surface area (Å²) in [6, 6.07) is 0. The van der Waals surface area contributed by atoms with Crippen LogP contribution in [0.1, 0.15) is 22.5 Å². The number of H-pyrrole nitrogens is 1. The molecule has 16 heavy (non-hydrogen) atoms. The van der Waals surface area contributed by atoms with Gasteiger partial charge >= 0.3 is 6.18 Å². The lowest BCUT2D eigenvalue weighted by molar-refractivity contribution is -0.174. The highest BCUT2D eigenvalue weighted by molar-refractivity contribution is 7.71. The topological polar surface area (TPSA) is 45.8 Å². The van der Waals surface area contributed by atoms with Crippen LogP contribution in [0.25, 0.3) is 0 Å². The van der Waals surface area contributed by atoms with Crippen molar-refractivity contribution < 1.29 is 18.0 Å². The summed E-state index contributed by atoms with van der Waals surface area (Å²) in [7, 11) is 0. The number of hydrogen-bond acceptors (Lipinski definition) is 3. The van der Waals surface area contributed by atoms with Crippen molar-refractivity contribution in [1.82, 2.24) is 9.97 Å². The van der Waals surface area contributed by atoms with Gasteiger partial charge in [0.25, 0.3) is 0 Å². The molecule has 0 bridgehead atoms. The molecule has 1 atom stereocenters. The third-order valence-electron chi connectivity index (χ3n) is 2.54. The zero-order valence-corrected chi connectivity index (χ0v) is 8.78. The van der Waals surface area contributed by atoms with Crippen LogP contribution in [0.15, 0.2) is 6.20 Å². The normalized spacial score (nSPS) is 20.7. The molecular weight excluding hydrogens is 241 g/mol.